The average Bonchev–Trinajstić information content (AvgIpc) is 2.82. The molecule has 0 bridgehead atoms. The van der Waals surface area contributed by atoms with Gasteiger partial charge >= 0.3 is 0 Å². The average molecular weight is 262 g/mol. The van der Waals surface area contributed by atoms with Crippen molar-refractivity contribution in [3.63, 3.8) is 0 Å². The summed E-state index contributed by atoms with van der Waals surface area (Å²) in [5, 5.41) is 3.16. The summed E-state index contributed by atoms with van der Waals surface area (Å²) in [5.41, 5.74) is 0. The normalized spacial score (nSPS) is 20.6. The maximum Gasteiger partial charge on any atom is 0.245 e. The van der Waals surface area contributed by atoms with Gasteiger partial charge in [0.15, 0.2) is 0 Å². The van der Waals surface area contributed by atoms with Crippen molar-refractivity contribution in [1.82, 2.24) is 14.9 Å². The molecule has 5 nitrogen and oxygen atoms in total. The van der Waals surface area contributed by atoms with Crippen LogP contribution in [0.3, 0.4) is 0 Å². The summed E-state index contributed by atoms with van der Waals surface area (Å²) in [6.45, 7) is 7.06. The molecule has 19 heavy (non-hydrogen) atoms. The summed E-state index contributed by atoms with van der Waals surface area (Å²) in [4.78, 5) is 22.9. The van der Waals surface area contributed by atoms with E-state index in [2.05, 4.69) is 22.2 Å². The van der Waals surface area contributed by atoms with Crippen molar-refractivity contribution < 1.29 is 4.79 Å². The Balaban J connectivity index is 2.09. The number of carbonyl (C=O) groups excluding carboxylic acids is 1. The molecule has 104 valence electrons. The number of hydrogen-bond donors (Lipinski definition) is 1. The number of nitrogens with zero attached hydrogens (tertiary/aromatic N) is 3. The van der Waals surface area contributed by atoms with E-state index in [4.69, 9.17) is 0 Å². The molecular weight excluding hydrogens is 240 g/mol. The molecule has 2 heterocycles. The van der Waals surface area contributed by atoms with Gasteiger partial charge in [-0.05, 0) is 31.7 Å². The fraction of sp³-hybridized carbons (Fsp3) is 0.643. The molecule has 1 saturated heterocycles. The number of likely N-dealkylation sites (tertiary alicyclic amines) is 1. The largest absolute Gasteiger partial charge is 0.342 e. The molecule has 2 atom stereocenters. The van der Waals surface area contributed by atoms with Crippen molar-refractivity contribution in [2.24, 2.45) is 5.92 Å². The first-order valence-corrected chi connectivity index (χ1v) is 6.93. The maximum absolute atomic E-state index is 12.6. The molecule has 1 aliphatic rings. The van der Waals surface area contributed by atoms with Crippen molar-refractivity contribution in [1.29, 1.82) is 0 Å². The number of anilines is 1. The van der Waals surface area contributed by atoms with Crippen LogP contribution in [-0.2, 0) is 4.79 Å². The van der Waals surface area contributed by atoms with E-state index in [-0.39, 0.29) is 17.9 Å². The molecule has 1 aromatic heterocycles. The van der Waals surface area contributed by atoms with E-state index in [1.165, 1.54) is 0 Å². The molecule has 5 heteroatoms. The lowest BCUT2D eigenvalue weighted by Crippen LogP contribution is -2.47. The second-order valence-electron chi connectivity index (χ2n) is 5.46. The highest BCUT2D eigenvalue weighted by molar-refractivity contribution is 5.85. The van der Waals surface area contributed by atoms with Crippen LogP contribution in [0.5, 0.6) is 0 Å². The minimum absolute atomic E-state index is 0.160. The number of nitrogens with one attached hydrogen (secondary N) is 1. The number of aromatic nitrogens is 2. The van der Waals surface area contributed by atoms with Crippen LogP contribution < -0.4 is 5.32 Å². The van der Waals surface area contributed by atoms with Crippen LogP contribution in [0.15, 0.2) is 18.5 Å². The van der Waals surface area contributed by atoms with E-state index in [0.29, 0.717) is 12.0 Å². The minimum Gasteiger partial charge on any atom is -0.342 e. The summed E-state index contributed by atoms with van der Waals surface area (Å²) >= 11 is 0. The predicted molar refractivity (Wildman–Crippen MR) is 74.7 cm³/mol. The Labute approximate surface area is 114 Å². The minimum atomic E-state index is -0.261. The summed E-state index contributed by atoms with van der Waals surface area (Å²) in [7, 11) is 0. The number of amides is 1. The predicted octanol–water partition coefficient (Wildman–Crippen LogP) is 1.92. The molecule has 1 aliphatic heterocycles. The lowest BCUT2D eigenvalue weighted by atomic mass is 10.0. The highest BCUT2D eigenvalue weighted by Gasteiger charge is 2.32. The van der Waals surface area contributed by atoms with E-state index in [9.17, 15) is 4.79 Å². The molecule has 2 unspecified atom stereocenters. The topological polar surface area (TPSA) is 58.1 Å². The highest BCUT2D eigenvalue weighted by Crippen LogP contribution is 2.20. The standard InChI is InChI=1S/C14H22N4O/c1-10(2)12(17-14-15-7-5-8-16-14)13(19)18-9-4-6-11(18)3/h5,7-8,10-12H,4,6,9H2,1-3H3,(H,15,16,17). The van der Waals surface area contributed by atoms with E-state index in [1.54, 1.807) is 18.5 Å². The van der Waals surface area contributed by atoms with Gasteiger partial charge in [-0.3, -0.25) is 4.79 Å². The molecular formula is C14H22N4O. The van der Waals surface area contributed by atoms with E-state index >= 15 is 0 Å². The van der Waals surface area contributed by atoms with Crippen LogP contribution in [0.4, 0.5) is 5.95 Å². The summed E-state index contributed by atoms with van der Waals surface area (Å²) in [5.74, 6) is 0.873. The van der Waals surface area contributed by atoms with E-state index < -0.39 is 0 Å². The third-order valence-electron chi connectivity index (χ3n) is 3.62. The fourth-order valence-electron chi connectivity index (χ4n) is 2.47. The number of rotatable bonds is 4. The monoisotopic (exact) mass is 262 g/mol. The van der Waals surface area contributed by atoms with Gasteiger partial charge in [-0.2, -0.15) is 0 Å². The van der Waals surface area contributed by atoms with Crippen LogP contribution in [0.2, 0.25) is 0 Å². The quantitative estimate of drug-likeness (QED) is 0.900. The van der Waals surface area contributed by atoms with Gasteiger partial charge in [0.2, 0.25) is 11.9 Å². The first-order chi connectivity index (χ1) is 9.09. The van der Waals surface area contributed by atoms with Gasteiger partial charge in [-0.1, -0.05) is 13.8 Å². The van der Waals surface area contributed by atoms with Gasteiger partial charge < -0.3 is 10.2 Å². The SMILES string of the molecule is CC(C)C(Nc1ncccn1)C(=O)N1CCCC1C. The Hall–Kier alpha value is -1.65. The molecule has 0 aliphatic carbocycles. The summed E-state index contributed by atoms with van der Waals surface area (Å²) < 4.78 is 0. The van der Waals surface area contributed by atoms with Crippen molar-refractivity contribution in [3.05, 3.63) is 18.5 Å². The van der Waals surface area contributed by atoms with Gasteiger partial charge in [-0.15, -0.1) is 0 Å². The van der Waals surface area contributed by atoms with Crippen LogP contribution >= 0.6 is 0 Å². The van der Waals surface area contributed by atoms with Gasteiger partial charge in [-0.25, -0.2) is 9.97 Å². The zero-order chi connectivity index (χ0) is 13.8. The Bertz CT molecular complexity index is 421. The van der Waals surface area contributed by atoms with Crippen LogP contribution in [-0.4, -0.2) is 39.4 Å². The van der Waals surface area contributed by atoms with Crippen molar-refractivity contribution in [2.45, 2.75) is 45.7 Å². The van der Waals surface area contributed by atoms with E-state index in [1.807, 2.05) is 18.7 Å². The summed E-state index contributed by atoms with van der Waals surface area (Å²) in [6, 6.07) is 1.84. The molecule has 0 spiro atoms. The van der Waals surface area contributed by atoms with E-state index in [0.717, 1.165) is 19.4 Å². The molecule has 1 N–H and O–H groups in total. The van der Waals surface area contributed by atoms with Crippen LogP contribution in [0.25, 0.3) is 0 Å². The zero-order valence-electron chi connectivity index (χ0n) is 11.8. The van der Waals surface area contributed by atoms with Gasteiger partial charge in [0.25, 0.3) is 0 Å². The van der Waals surface area contributed by atoms with Gasteiger partial charge in [0.05, 0.1) is 0 Å². The summed E-state index contributed by atoms with van der Waals surface area (Å²) in [6.07, 6.45) is 5.54. The number of carbonyl (C=O) groups is 1. The Morgan fingerprint density at radius 2 is 2.11 bits per heavy atom. The Kier molecular flexibility index (Phi) is 4.35. The molecule has 1 amide bonds. The molecule has 1 fully saturated rings. The lowest BCUT2D eigenvalue weighted by molar-refractivity contribution is -0.133. The van der Waals surface area contributed by atoms with Crippen molar-refractivity contribution >= 4 is 11.9 Å². The van der Waals surface area contributed by atoms with Crippen LogP contribution in [0.1, 0.15) is 33.6 Å². The molecule has 1 aromatic rings. The molecule has 0 saturated carbocycles. The highest BCUT2D eigenvalue weighted by atomic mass is 16.2. The first kappa shape index (κ1) is 13.8. The van der Waals surface area contributed by atoms with Gasteiger partial charge in [0.1, 0.15) is 6.04 Å². The molecule has 0 aromatic carbocycles. The third-order valence-corrected chi connectivity index (χ3v) is 3.62. The maximum atomic E-state index is 12.6. The smallest absolute Gasteiger partial charge is 0.245 e. The van der Waals surface area contributed by atoms with Crippen molar-refractivity contribution in [3.8, 4) is 0 Å². The molecule has 0 radical (unpaired) electrons. The second-order valence-corrected chi connectivity index (χ2v) is 5.46. The van der Waals surface area contributed by atoms with Crippen LogP contribution in [0, 0.1) is 5.92 Å². The fourth-order valence-corrected chi connectivity index (χ4v) is 2.47. The molecule has 2 rings (SSSR count). The number of hydrogen-bond acceptors (Lipinski definition) is 4. The zero-order valence-corrected chi connectivity index (χ0v) is 11.8. The third kappa shape index (κ3) is 3.22. The lowest BCUT2D eigenvalue weighted by Gasteiger charge is -2.29. The second kappa shape index (κ2) is 5.99. The Morgan fingerprint density at radius 3 is 2.63 bits per heavy atom. The van der Waals surface area contributed by atoms with Crippen molar-refractivity contribution in [2.75, 3.05) is 11.9 Å². The Morgan fingerprint density at radius 1 is 1.42 bits per heavy atom. The van der Waals surface area contributed by atoms with Gasteiger partial charge in [0, 0.05) is 25.0 Å². The first-order valence-electron chi connectivity index (χ1n) is 6.93.